The van der Waals surface area contributed by atoms with Gasteiger partial charge in [-0.2, -0.15) is 5.10 Å². The normalized spacial score (nSPS) is 16.3. The van der Waals surface area contributed by atoms with Crippen molar-refractivity contribution in [1.82, 2.24) is 20.0 Å². The molecule has 1 atom stereocenters. The average molecular weight is 541 g/mol. The Morgan fingerprint density at radius 2 is 1.57 bits per heavy atom. The molecule has 0 saturated carbocycles. The number of aromatic nitrogens is 2. The Morgan fingerprint density at radius 3 is 2.30 bits per heavy atom. The molecule has 1 aromatic heterocycles. The van der Waals surface area contributed by atoms with E-state index in [1.54, 1.807) is 50.0 Å². The van der Waals surface area contributed by atoms with Gasteiger partial charge in [-0.05, 0) is 25.1 Å². The van der Waals surface area contributed by atoms with Gasteiger partial charge in [-0.15, -0.1) is 0 Å². The molecule has 9 nitrogen and oxygen atoms in total. The van der Waals surface area contributed by atoms with Crippen molar-refractivity contribution in [1.29, 1.82) is 0 Å². The summed E-state index contributed by atoms with van der Waals surface area (Å²) < 4.78 is 18.2. The fourth-order valence-electron chi connectivity index (χ4n) is 5.10. The molecule has 0 unspecified atom stereocenters. The van der Waals surface area contributed by atoms with E-state index in [1.165, 1.54) is 0 Å². The zero-order valence-electron chi connectivity index (χ0n) is 23.0. The number of nitrogens with zero attached hydrogens (tertiary/aromatic N) is 3. The van der Waals surface area contributed by atoms with Crippen molar-refractivity contribution in [3.05, 3.63) is 95.7 Å². The second-order valence-electron chi connectivity index (χ2n) is 9.75. The number of ether oxygens (including phenoxy) is 3. The minimum Gasteiger partial charge on any atom is -0.496 e. The van der Waals surface area contributed by atoms with Crippen molar-refractivity contribution in [3.63, 3.8) is 0 Å². The molecule has 4 aromatic rings. The average Bonchev–Trinajstić information content (AvgIpc) is 3.42. The molecule has 0 fully saturated rings. The van der Waals surface area contributed by atoms with E-state index in [1.807, 2.05) is 66.7 Å². The highest BCUT2D eigenvalue weighted by atomic mass is 16.5. The number of hydrogen-bond donors (Lipinski definition) is 1. The first-order valence-corrected chi connectivity index (χ1v) is 12.9. The van der Waals surface area contributed by atoms with Gasteiger partial charge in [0.1, 0.15) is 17.0 Å². The molecule has 1 aliphatic heterocycles. The van der Waals surface area contributed by atoms with E-state index < -0.39 is 5.54 Å². The summed E-state index contributed by atoms with van der Waals surface area (Å²) in [6, 6.07) is 24.4. The number of rotatable bonds is 9. The zero-order chi connectivity index (χ0) is 28.3. The van der Waals surface area contributed by atoms with Gasteiger partial charge in [0, 0.05) is 23.2 Å². The van der Waals surface area contributed by atoms with Gasteiger partial charge in [0.05, 0.1) is 40.1 Å². The fraction of sp³-hybridized carbons (Fsp3) is 0.258. The number of benzene rings is 3. The molecule has 1 N–H and O–H groups in total. The Bertz CT molecular complexity index is 1530. The van der Waals surface area contributed by atoms with Crippen LogP contribution in [0.15, 0.2) is 78.9 Å². The van der Waals surface area contributed by atoms with Crippen LogP contribution in [0, 0.1) is 0 Å². The first-order valence-electron chi connectivity index (χ1n) is 12.9. The van der Waals surface area contributed by atoms with Crippen LogP contribution in [0.1, 0.15) is 28.5 Å². The summed E-state index contributed by atoms with van der Waals surface area (Å²) in [5.74, 6) is 1.12. The molecule has 2 amide bonds. The molecule has 2 heterocycles. The summed E-state index contributed by atoms with van der Waals surface area (Å²) in [5, 5.41) is 7.75. The number of fused-ring (bicyclic) bond motifs is 1. The van der Waals surface area contributed by atoms with Gasteiger partial charge < -0.3 is 24.4 Å². The van der Waals surface area contributed by atoms with Crippen LogP contribution in [-0.2, 0) is 24.4 Å². The van der Waals surface area contributed by atoms with Crippen molar-refractivity contribution in [3.8, 4) is 28.5 Å². The van der Waals surface area contributed by atoms with Crippen LogP contribution in [0.3, 0.4) is 0 Å². The SMILES string of the molecule is COc1ccccc1CNC(=O)[C@@]1(C)Cn2nc(-c3ccccc3)cc2C(=O)N1Cc1cccc(OC)c1OC. The Morgan fingerprint density at radius 1 is 0.900 bits per heavy atom. The predicted octanol–water partition coefficient (Wildman–Crippen LogP) is 4.31. The quantitative estimate of drug-likeness (QED) is 0.340. The van der Waals surface area contributed by atoms with E-state index in [0.29, 0.717) is 28.6 Å². The van der Waals surface area contributed by atoms with Gasteiger partial charge in [-0.25, -0.2) is 0 Å². The summed E-state index contributed by atoms with van der Waals surface area (Å²) >= 11 is 0. The molecule has 0 radical (unpaired) electrons. The molecule has 0 bridgehead atoms. The Kier molecular flexibility index (Phi) is 7.46. The van der Waals surface area contributed by atoms with E-state index in [4.69, 9.17) is 19.3 Å². The topological polar surface area (TPSA) is 94.9 Å². The third-order valence-corrected chi connectivity index (χ3v) is 7.30. The number of carbonyl (C=O) groups excluding carboxylic acids is 2. The van der Waals surface area contributed by atoms with Crippen LogP contribution in [0.25, 0.3) is 11.3 Å². The standard InChI is InChI=1S/C31H32N4O5/c1-31(30(37)32-18-22-13-8-9-15-26(22)38-2)20-35-25(17-24(33-35)21-11-6-5-7-12-21)29(36)34(31)19-23-14-10-16-27(39-3)28(23)40-4/h5-17H,18-20H2,1-4H3,(H,32,37)/t31-/m1/s1. The third kappa shape index (κ3) is 4.86. The zero-order valence-corrected chi connectivity index (χ0v) is 23.0. The molecule has 5 rings (SSSR count). The van der Waals surface area contributed by atoms with E-state index in [2.05, 4.69) is 5.32 Å². The maximum absolute atomic E-state index is 14.1. The van der Waals surface area contributed by atoms with Crippen LogP contribution in [0.4, 0.5) is 0 Å². The summed E-state index contributed by atoms with van der Waals surface area (Å²) in [6.07, 6.45) is 0. The Hall–Kier alpha value is -4.79. The second kappa shape index (κ2) is 11.1. The first kappa shape index (κ1) is 26.8. The number of hydrogen-bond acceptors (Lipinski definition) is 6. The van der Waals surface area contributed by atoms with Gasteiger partial charge in [0.25, 0.3) is 5.91 Å². The highest BCUT2D eigenvalue weighted by molar-refractivity contribution is 6.00. The maximum Gasteiger partial charge on any atom is 0.273 e. The highest BCUT2D eigenvalue weighted by Crippen LogP contribution is 2.36. The number of methoxy groups -OCH3 is 3. The lowest BCUT2D eigenvalue weighted by Crippen LogP contribution is -2.63. The monoisotopic (exact) mass is 540 g/mol. The first-order chi connectivity index (χ1) is 19.4. The number of para-hydroxylation sites is 2. The highest BCUT2D eigenvalue weighted by Gasteiger charge is 2.48. The molecule has 0 aliphatic carbocycles. The molecular weight excluding hydrogens is 508 g/mol. The van der Waals surface area contributed by atoms with Crippen LogP contribution >= 0.6 is 0 Å². The lowest BCUT2D eigenvalue weighted by Gasteiger charge is -2.43. The molecule has 1 aliphatic rings. The minimum absolute atomic E-state index is 0.129. The largest absolute Gasteiger partial charge is 0.496 e. The summed E-state index contributed by atoms with van der Waals surface area (Å²) in [6.45, 7) is 2.31. The molecule has 0 saturated heterocycles. The van der Waals surface area contributed by atoms with Crippen LogP contribution < -0.4 is 19.5 Å². The molecular formula is C31H32N4O5. The number of nitrogens with one attached hydrogen (secondary N) is 1. The van der Waals surface area contributed by atoms with Crippen molar-refractivity contribution < 1.29 is 23.8 Å². The van der Waals surface area contributed by atoms with E-state index >= 15 is 0 Å². The summed E-state index contributed by atoms with van der Waals surface area (Å²) in [4.78, 5) is 29.7. The van der Waals surface area contributed by atoms with Gasteiger partial charge in [0.15, 0.2) is 11.5 Å². The van der Waals surface area contributed by atoms with E-state index in [0.717, 1.165) is 16.7 Å². The van der Waals surface area contributed by atoms with Crippen LogP contribution in [0.5, 0.6) is 17.2 Å². The minimum atomic E-state index is -1.26. The predicted molar refractivity (Wildman–Crippen MR) is 150 cm³/mol. The van der Waals surface area contributed by atoms with Gasteiger partial charge in [-0.1, -0.05) is 60.7 Å². The summed E-state index contributed by atoms with van der Waals surface area (Å²) in [5.41, 5.74) is 2.25. The maximum atomic E-state index is 14.1. The smallest absolute Gasteiger partial charge is 0.273 e. The molecule has 0 spiro atoms. The Labute approximate surface area is 233 Å². The van der Waals surface area contributed by atoms with Crippen molar-refractivity contribution in [2.45, 2.75) is 32.1 Å². The molecule has 40 heavy (non-hydrogen) atoms. The van der Waals surface area contributed by atoms with Crippen molar-refractivity contribution in [2.75, 3.05) is 21.3 Å². The van der Waals surface area contributed by atoms with Crippen LogP contribution in [-0.4, -0.2) is 53.4 Å². The van der Waals surface area contributed by atoms with Gasteiger partial charge >= 0.3 is 0 Å². The van der Waals surface area contributed by atoms with Crippen molar-refractivity contribution in [2.24, 2.45) is 0 Å². The van der Waals surface area contributed by atoms with Gasteiger partial charge in [0.2, 0.25) is 5.91 Å². The third-order valence-electron chi connectivity index (χ3n) is 7.30. The molecule has 3 aromatic carbocycles. The molecule has 206 valence electrons. The van der Waals surface area contributed by atoms with Gasteiger partial charge in [-0.3, -0.25) is 14.3 Å². The second-order valence-corrected chi connectivity index (χ2v) is 9.75. The lowest BCUT2D eigenvalue weighted by molar-refractivity contribution is -0.133. The van der Waals surface area contributed by atoms with E-state index in [-0.39, 0.29) is 31.4 Å². The molecule has 9 heteroatoms. The fourth-order valence-corrected chi connectivity index (χ4v) is 5.10. The van der Waals surface area contributed by atoms with E-state index in [9.17, 15) is 9.59 Å². The van der Waals surface area contributed by atoms with Crippen molar-refractivity contribution >= 4 is 11.8 Å². The Balaban J connectivity index is 1.53. The lowest BCUT2D eigenvalue weighted by atomic mass is 9.93. The number of amides is 2. The number of carbonyl (C=O) groups is 2. The summed E-state index contributed by atoms with van der Waals surface area (Å²) in [7, 11) is 4.71. The van der Waals surface area contributed by atoms with Crippen LogP contribution in [0.2, 0.25) is 0 Å².